The number of benzene rings is 4. The lowest BCUT2D eigenvalue weighted by Crippen LogP contribution is -2.19. The molecule has 4 rings (SSSR count). The zero-order valence-corrected chi connectivity index (χ0v) is 27.2. The van der Waals surface area contributed by atoms with Crippen molar-refractivity contribution in [3.05, 3.63) is 138 Å². The standard InChI is InChI=1S/C38H38O8/c1-17-9-25(10-18(2)29(17)35(39)40)33(26-11-19(3)30(36(41)42)20(4)12-26)34(27-13-21(5)31(37(43)44)22(6)14-27)28-15-23(7)32(38(45)46)24(8)16-28/h9-16,33-34H,1-8H3,(H,39,40)(H,41,42)(H,43,44)(H,45,46). The third-order valence-electron chi connectivity index (χ3n) is 8.85. The summed E-state index contributed by atoms with van der Waals surface area (Å²) in [5.74, 6) is -5.19. The SMILES string of the molecule is Cc1cc(C(c2cc(C)c(C(=O)O)c(C)c2)C(c2cc(C)c(C(=O)O)c(C)c2)c2cc(C)c(C(=O)O)c(C)c2)cc(C)c1C(=O)O. The van der Waals surface area contributed by atoms with Gasteiger partial charge >= 0.3 is 23.9 Å². The topological polar surface area (TPSA) is 149 Å². The van der Waals surface area contributed by atoms with E-state index >= 15 is 0 Å². The molecule has 0 atom stereocenters. The maximum absolute atomic E-state index is 12.1. The lowest BCUT2D eigenvalue weighted by Gasteiger charge is -2.32. The third-order valence-corrected chi connectivity index (χ3v) is 8.85. The van der Waals surface area contributed by atoms with E-state index in [1.165, 1.54) is 0 Å². The van der Waals surface area contributed by atoms with E-state index in [1.54, 1.807) is 55.4 Å². The molecule has 0 unspecified atom stereocenters. The molecule has 0 radical (unpaired) electrons. The highest BCUT2D eigenvalue weighted by Gasteiger charge is 2.33. The van der Waals surface area contributed by atoms with E-state index in [-0.39, 0.29) is 22.3 Å². The molecular formula is C38H38O8. The van der Waals surface area contributed by atoms with E-state index in [1.807, 2.05) is 48.5 Å². The van der Waals surface area contributed by atoms with Crippen molar-refractivity contribution in [2.75, 3.05) is 0 Å². The van der Waals surface area contributed by atoms with Gasteiger partial charge in [-0.1, -0.05) is 48.5 Å². The maximum atomic E-state index is 12.1. The molecule has 0 fully saturated rings. The number of hydrogen-bond donors (Lipinski definition) is 4. The fourth-order valence-corrected chi connectivity index (χ4v) is 7.21. The Balaban J connectivity index is 2.20. The summed E-state index contributed by atoms with van der Waals surface area (Å²) < 4.78 is 0. The molecule has 0 aliphatic heterocycles. The molecule has 4 aromatic rings. The third kappa shape index (κ3) is 6.15. The molecule has 0 spiro atoms. The zero-order valence-electron chi connectivity index (χ0n) is 27.2. The average molecular weight is 623 g/mol. The van der Waals surface area contributed by atoms with Crippen LogP contribution in [-0.2, 0) is 0 Å². The molecule has 46 heavy (non-hydrogen) atoms. The van der Waals surface area contributed by atoms with Crippen molar-refractivity contribution in [1.82, 2.24) is 0 Å². The molecule has 0 amide bonds. The van der Waals surface area contributed by atoms with Crippen molar-refractivity contribution in [3.63, 3.8) is 0 Å². The highest BCUT2D eigenvalue weighted by atomic mass is 16.4. The van der Waals surface area contributed by atoms with Crippen LogP contribution >= 0.6 is 0 Å². The summed E-state index contributed by atoms with van der Waals surface area (Å²) in [6, 6.07) is 14.7. The predicted molar refractivity (Wildman–Crippen MR) is 175 cm³/mol. The van der Waals surface area contributed by atoms with Gasteiger partial charge in [0.25, 0.3) is 0 Å². The van der Waals surface area contributed by atoms with Gasteiger partial charge in [-0.25, -0.2) is 19.2 Å². The summed E-state index contributed by atoms with van der Waals surface area (Å²) in [5, 5.41) is 39.7. The molecule has 0 aliphatic carbocycles. The molecule has 0 heterocycles. The molecule has 0 saturated carbocycles. The normalized spacial score (nSPS) is 11.3. The summed E-state index contributed by atoms with van der Waals surface area (Å²) in [4.78, 5) is 48.5. The Morgan fingerprint density at radius 3 is 0.587 bits per heavy atom. The Morgan fingerprint density at radius 1 is 0.348 bits per heavy atom. The van der Waals surface area contributed by atoms with Crippen molar-refractivity contribution in [1.29, 1.82) is 0 Å². The summed E-state index contributed by atoms with van der Waals surface area (Å²) in [7, 11) is 0. The molecule has 8 nitrogen and oxygen atoms in total. The summed E-state index contributed by atoms with van der Waals surface area (Å²) >= 11 is 0. The fraction of sp³-hybridized carbons (Fsp3) is 0.263. The summed E-state index contributed by atoms with van der Waals surface area (Å²) in [6.07, 6.45) is 0. The fourth-order valence-electron chi connectivity index (χ4n) is 7.21. The Morgan fingerprint density at radius 2 is 0.478 bits per heavy atom. The Kier molecular flexibility index (Phi) is 9.24. The molecule has 0 bridgehead atoms. The summed E-state index contributed by atoms with van der Waals surface area (Å²) in [6.45, 7) is 13.9. The van der Waals surface area contributed by atoms with Crippen LogP contribution in [0.25, 0.3) is 0 Å². The van der Waals surface area contributed by atoms with Gasteiger partial charge in [-0.2, -0.15) is 0 Å². The van der Waals surface area contributed by atoms with Gasteiger partial charge in [0.1, 0.15) is 0 Å². The van der Waals surface area contributed by atoms with Crippen LogP contribution in [0.5, 0.6) is 0 Å². The number of carbonyl (C=O) groups is 4. The first-order valence-electron chi connectivity index (χ1n) is 14.8. The molecule has 4 aromatic carbocycles. The second-order valence-corrected chi connectivity index (χ2v) is 12.3. The largest absolute Gasteiger partial charge is 0.478 e. The molecule has 0 saturated heterocycles. The van der Waals surface area contributed by atoms with Crippen molar-refractivity contribution in [2.24, 2.45) is 0 Å². The van der Waals surface area contributed by atoms with Crippen LogP contribution in [0, 0.1) is 55.4 Å². The lowest BCUT2D eigenvalue weighted by atomic mass is 9.71. The number of aromatic carboxylic acids is 4. The second-order valence-electron chi connectivity index (χ2n) is 12.3. The smallest absolute Gasteiger partial charge is 0.336 e. The van der Waals surface area contributed by atoms with Crippen LogP contribution in [-0.4, -0.2) is 44.3 Å². The van der Waals surface area contributed by atoms with E-state index in [0.29, 0.717) is 44.5 Å². The predicted octanol–water partition coefficient (Wildman–Crippen LogP) is 7.91. The van der Waals surface area contributed by atoms with Crippen molar-refractivity contribution < 1.29 is 39.6 Å². The van der Waals surface area contributed by atoms with Crippen molar-refractivity contribution in [2.45, 2.75) is 67.2 Å². The molecule has 8 heteroatoms. The Hall–Kier alpha value is -5.24. The minimum Gasteiger partial charge on any atom is -0.478 e. The van der Waals surface area contributed by atoms with E-state index in [4.69, 9.17) is 0 Å². The highest BCUT2D eigenvalue weighted by molar-refractivity contribution is 5.93. The molecule has 0 aromatic heterocycles. The minimum atomic E-state index is -1.04. The van der Waals surface area contributed by atoms with E-state index < -0.39 is 35.7 Å². The number of carboxylic acids is 4. The Bertz CT molecular complexity index is 1580. The lowest BCUT2D eigenvalue weighted by molar-refractivity contribution is 0.0684. The highest BCUT2D eigenvalue weighted by Crippen LogP contribution is 2.46. The average Bonchev–Trinajstić information content (AvgIpc) is 2.88. The van der Waals surface area contributed by atoms with Gasteiger partial charge in [0, 0.05) is 11.8 Å². The quantitative estimate of drug-likeness (QED) is 0.147. The van der Waals surface area contributed by atoms with Gasteiger partial charge in [0.15, 0.2) is 0 Å². The van der Waals surface area contributed by atoms with Crippen LogP contribution in [0.1, 0.15) is 120 Å². The van der Waals surface area contributed by atoms with Gasteiger partial charge in [-0.15, -0.1) is 0 Å². The Labute approximate surface area is 268 Å². The van der Waals surface area contributed by atoms with Gasteiger partial charge in [-0.05, 0) is 122 Å². The molecular weight excluding hydrogens is 584 g/mol. The molecule has 238 valence electrons. The first-order valence-corrected chi connectivity index (χ1v) is 14.8. The zero-order chi connectivity index (χ0) is 34.4. The van der Waals surface area contributed by atoms with Gasteiger partial charge in [0.2, 0.25) is 0 Å². The van der Waals surface area contributed by atoms with Gasteiger partial charge in [0.05, 0.1) is 22.3 Å². The molecule has 4 N–H and O–H groups in total. The number of hydrogen-bond acceptors (Lipinski definition) is 4. The second kappa shape index (κ2) is 12.6. The van der Waals surface area contributed by atoms with Gasteiger partial charge < -0.3 is 20.4 Å². The minimum absolute atomic E-state index is 0.197. The summed E-state index contributed by atoms with van der Waals surface area (Å²) in [5.41, 5.74) is 8.38. The number of carboxylic acid groups (broad SMARTS) is 4. The van der Waals surface area contributed by atoms with Crippen LogP contribution in [0.3, 0.4) is 0 Å². The van der Waals surface area contributed by atoms with Crippen LogP contribution in [0.4, 0.5) is 0 Å². The van der Waals surface area contributed by atoms with Crippen molar-refractivity contribution >= 4 is 23.9 Å². The first kappa shape index (κ1) is 33.6. The number of aryl methyl sites for hydroxylation is 8. The van der Waals surface area contributed by atoms with E-state index in [0.717, 1.165) is 22.3 Å². The van der Waals surface area contributed by atoms with Gasteiger partial charge in [-0.3, -0.25) is 0 Å². The van der Waals surface area contributed by atoms with Crippen molar-refractivity contribution in [3.8, 4) is 0 Å². The first-order chi connectivity index (χ1) is 21.4. The molecule has 0 aliphatic rings. The maximum Gasteiger partial charge on any atom is 0.336 e. The van der Waals surface area contributed by atoms with E-state index in [2.05, 4.69) is 0 Å². The van der Waals surface area contributed by atoms with Crippen LogP contribution < -0.4 is 0 Å². The monoisotopic (exact) mass is 622 g/mol. The number of rotatable bonds is 9. The van der Waals surface area contributed by atoms with Crippen LogP contribution in [0.15, 0.2) is 48.5 Å². The van der Waals surface area contributed by atoms with E-state index in [9.17, 15) is 39.6 Å². The van der Waals surface area contributed by atoms with Crippen LogP contribution in [0.2, 0.25) is 0 Å².